The molecule has 1 amide bonds. The number of rotatable bonds is 5. The molecule has 2 aromatic rings. The highest BCUT2D eigenvalue weighted by Crippen LogP contribution is 2.24. The second-order valence-corrected chi connectivity index (χ2v) is 7.20. The van der Waals surface area contributed by atoms with Gasteiger partial charge in [-0.25, -0.2) is 4.39 Å². The van der Waals surface area contributed by atoms with Crippen molar-refractivity contribution >= 4 is 5.91 Å². The number of amides is 1. The van der Waals surface area contributed by atoms with Crippen molar-refractivity contribution in [1.29, 1.82) is 0 Å². The van der Waals surface area contributed by atoms with Crippen LogP contribution in [-0.2, 0) is 6.42 Å². The number of piperidine rings is 1. The van der Waals surface area contributed by atoms with Gasteiger partial charge in [-0.05, 0) is 55.2 Å². The molecular formula is C20H25FN2O2. The van der Waals surface area contributed by atoms with Crippen LogP contribution >= 0.6 is 0 Å². The summed E-state index contributed by atoms with van der Waals surface area (Å²) in [4.78, 5) is 14.5. The molecule has 1 unspecified atom stereocenters. The molecule has 1 aliphatic rings. The van der Waals surface area contributed by atoms with Gasteiger partial charge >= 0.3 is 0 Å². The molecule has 0 N–H and O–H groups in total. The highest BCUT2D eigenvalue weighted by Gasteiger charge is 2.27. The van der Waals surface area contributed by atoms with Crippen LogP contribution in [0.4, 0.5) is 4.39 Å². The first-order valence-electron chi connectivity index (χ1n) is 9.03. The first kappa shape index (κ1) is 17.6. The van der Waals surface area contributed by atoms with Crippen molar-refractivity contribution in [2.24, 2.45) is 5.92 Å². The van der Waals surface area contributed by atoms with Crippen molar-refractivity contribution in [2.75, 3.05) is 13.1 Å². The summed E-state index contributed by atoms with van der Waals surface area (Å²) >= 11 is 0. The second kappa shape index (κ2) is 7.81. The van der Waals surface area contributed by atoms with Crippen LogP contribution in [0.2, 0.25) is 0 Å². The van der Waals surface area contributed by atoms with Gasteiger partial charge in [0.15, 0.2) is 0 Å². The van der Waals surface area contributed by atoms with Crippen molar-refractivity contribution < 1.29 is 13.7 Å². The summed E-state index contributed by atoms with van der Waals surface area (Å²) in [5.41, 5.74) is 1.95. The van der Waals surface area contributed by atoms with E-state index in [2.05, 4.69) is 5.16 Å². The number of aryl methyl sites for hydroxylation is 1. The van der Waals surface area contributed by atoms with Gasteiger partial charge in [-0.15, -0.1) is 0 Å². The van der Waals surface area contributed by atoms with Crippen molar-refractivity contribution in [3.8, 4) is 0 Å². The second-order valence-electron chi connectivity index (χ2n) is 7.20. The van der Waals surface area contributed by atoms with Crippen molar-refractivity contribution in [3.63, 3.8) is 0 Å². The monoisotopic (exact) mass is 344 g/mol. The molecule has 1 aromatic carbocycles. The molecule has 0 bridgehead atoms. The predicted octanol–water partition coefficient (Wildman–Crippen LogP) is 4.42. The molecule has 25 heavy (non-hydrogen) atoms. The maximum absolute atomic E-state index is 13.0. The number of carbonyl (C=O) groups is 1. The van der Waals surface area contributed by atoms with Crippen LogP contribution in [0.1, 0.15) is 60.8 Å². The molecular weight excluding hydrogens is 319 g/mol. The number of hydrogen-bond acceptors (Lipinski definition) is 3. The third-order valence-electron chi connectivity index (χ3n) is 4.89. The van der Waals surface area contributed by atoms with Crippen LogP contribution in [0.5, 0.6) is 0 Å². The van der Waals surface area contributed by atoms with Crippen molar-refractivity contribution in [1.82, 2.24) is 10.1 Å². The van der Waals surface area contributed by atoms with E-state index in [9.17, 15) is 9.18 Å². The Morgan fingerprint density at radius 3 is 2.80 bits per heavy atom. The largest absolute Gasteiger partial charge is 0.351 e. The fourth-order valence-electron chi connectivity index (χ4n) is 3.32. The molecule has 1 aliphatic heterocycles. The van der Waals surface area contributed by atoms with E-state index in [0.717, 1.165) is 50.0 Å². The van der Waals surface area contributed by atoms with Gasteiger partial charge in [0.25, 0.3) is 5.91 Å². The molecule has 1 atom stereocenters. The molecule has 3 rings (SSSR count). The van der Waals surface area contributed by atoms with E-state index in [1.807, 2.05) is 30.9 Å². The van der Waals surface area contributed by atoms with E-state index in [1.165, 1.54) is 12.1 Å². The molecule has 134 valence electrons. The number of halogens is 1. The number of hydrogen-bond donors (Lipinski definition) is 0. The SMILES string of the molecule is CC(C)c1cc(C(=O)N2CCCC(CCc3ccc(F)cc3)C2)on1. The number of nitrogens with zero attached hydrogens (tertiary/aromatic N) is 2. The average molecular weight is 344 g/mol. The van der Waals surface area contributed by atoms with Gasteiger partial charge in [-0.2, -0.15) is 0 Å². The van der Waals surface area contributed by atoms with Crippen LogP contribution in [0.3, 0.4) is 0 Å². The van der Waals surface area contributed by atoms with E-state index in [0.29, 0.717) is 11.7 Å². The van der Waals surface area contributed by atoms with Crippen LogP contribution in [0.25, 0.3) is 0 Å². The highest BCUT2D eigenvalue weighted by molar-refractivity contribution is 5.91. The third-order valence-corrected chi connectivity index (χ3v) is 4.89. The molecule has 0 spiro atoms. The third kappa shape index (κ3) is 4.47. The van der Waals surface area contributed by atoms with E-state index >= 15 is 0 Å². The molecule has 4 nitrogen and oxygen atoms in total. The van der Waals surface area contributed by atoms with E-state index in [-0.39, 0.29) is 17.6 Å². The van der Waals surface area contributed by atoms with Gasteiger partial charge in [0.2, 0.25) is 5.76 Å². The van der Waals surface area contributed by atoms with Crippen molar-refractivity contribution in [2.45, 2.75) is 45.4 Å². The highest BCUT2D eigenvalue weighted by atomic mass is 19.1. The minimum Gasteiger partial charge on any atom is -0.351 e. The van der Waals surface area contributed by atoms with Gasteiger partial charge in [0.05, 0.1) is 5.69 Å². The van der Waals surface area contributed by atoms with Crippen LogP contribution in [0.15, 0.2) is 34.9 Å². The Hall–Kier alpha value is -2.17. The zero-order chi connectivity index (χ0) is 17.8. The fraction of sp³-hybridized carbons (Fsp3) is 0.500. The van der Waals surface area contributed by atoms with E-state index < -0.39 is 0 Å². The number of likely N-dealkylation sites (tertiary alicyclic amines) is 1. The number of carbonyl (C=O) groups excluding carboxylic acids is 1. The summed E-state index contributed by atoms with van der Waals surface area (Å²) in [7, 11) is 0. The minimum atomic E-state index is -0.203. The zero-order valence-corrected chi connectivity index (χ0v) is 14.9. The lowest BCUT2D eigenvalue weighted by atomic mass is 9.91. The topological polar surface area (TPSA) is 46.3 Å². The maximum Gasteiger partial charge on any atom is 0.292 e. The molecule has 1 fully saturated rings. The standard InChI is InChI=1S/C20H25FN2O2/c1-14(2)18-12-19(25-22-18)20(24)23-11-3-4-16(13-23)6-5-15-7-9-17(21)10-8-15/h7-10,12,14,16H,3-6,11,13H2,1-2H3. The Morgan fingerprint density at radius 2 is 2.12 bits per heavy atom. The predicted molar refractivity (Wildman–Crippen MR) is 93.9 cm³/mol. The molecule has 0 aliphatic carbocycles. The first-order valence-corrected chi connectivity index (χ1v) is 9.03. The lowest BCUT2D eigenvalue weighted by Gasteiger charge is -2.32. The summed E-state index contributed by atoms with van der Waals surface area (Å²) in [6.45, 7) is 5.57. The number of aromatic nitrogens is 1. The molecule has 0 saturated carbocycles. The summed E-state index contributed by atoms with van der Waals surface area (Å²) in [5, 5.41) is 3.98. The smallest absolute Gasteiger partial charge is 0.292 e. The minimum absolute atomic E-state index is 0.0640. The summed E-state index contributed by atoms with van der Waals surface area (Å²) in [6.07, 6.45) is 4.04. The van der Waals surface area contributed by atoms with Gasteiger partial charge < -0.3 is 9.42 Å². The van der Waals surface area contributed by atoms with E-state index in [1.54, 1.807) is 6.07 Å². The van der Waals surface area contributed by atoms with Crippen LogP contribution < -0.4 is 0 Å². The Bertz CT molecular complexity index is 709. The Kier molecular flexibility index (Phi) is 5.51. The molecule has 2 heterocycles. The van der Waals surface area contributed by atoms with Crippen molar-refractivity contribution in [3.05, 3.63) is 53.2 Å². The summed E-state index contributed by atoms with van der Waals surface area (Å²) in [6, 6.07) is 8.44. The van der Waals surface area contributed by atoms with E-state index in [4.69, 9.17) is 4.52 Å². The normalized spacial score (nSPS) is 17.9. The molecule has 0 radical (unpaired) electrons. The quantitative estimate of drug-likeness (QED) is 0.806. The van der Waals surface area contributed by atoms with Gasteiger partial charge in [-0.1, -0.05) is 31.1 Å². The summed E-state index contributed by atoms with van der Waals surface area (Å²) < 4.78 is 18.2. The number of benzene rings is 1. The lowest BCUT2D eigenvalue weighted by Crippen LogP contribution is -2.39. The molecule has 1 saturated heterocycles. The first-order chi connectivity index (χ1) is 12.0. The van der Waals surface area contributed by atoms with Crippen LogP contribution in [-0.4, -0.2) is 29.1 Å². The van der Waals surface area contributed by atoms with Gasteiger partial charge in [0.1, 0.15) is 5.82 Å². The Labute approximate surface area is 148 Å². The maximum atomic E-state index is 13.0. The fourth-order valence-corrected chi connectivity index (χ4v) is 3.32. The Morgan fingerprint density at radius 1 is 1.36 bits per heavy atom. The van der Waals surface area contributed by atoms with Gasteiger partial charge in [0, 0.05) is 19.2 Å². The lowest BCUT2D eigenvalue weighted by molar-refractivity contribution is 0.0626. The molecule has 1 aromatic heterocycles. The average Bonchev–Trinajstić information content (AvgIpc) is 3.11. The Balaban J connectivity index is 1.56. The van der Waals surface area contributed by atoms with Crippen LogP contribution in [0, 0.1) is 11.7 Å². The van der Waals surface area contributed by atoms with Gasteiger partial charge in [-0.3, -0.25) is 4.79 Å². The molecule has 5 heteroatoms. The summed E-state index contributed by atoms with van der Waals surface area (Å²) in [5.74, 6) is 0.783. The zero-order valence-electron chi connectivity index (χ0n) is 14.9.